The number of benzene rings is 2. The Morgan fingerprint density at radius 3 is 2.55 bits per heavy atom. The molecule has 0 unspecified atom stereocenters. The van der Waals surface area contributed by atoms with Crippen LogP contribution in [0.25, 0.3) is 6.08 Å². The van der Waals surface area contributed by atoms with Crippen LogP contribution in [0.2, 0.25) is 0 Å². The first-order valence-electron chi connectivity index (χ1n) is 9.16. The molecule has 0 saturated carbocycles. The number of rotatable bonds is 6. The van der Waals surface area contributed by atoms with Crippen molar-refractivity contribution in [1.82, 2.24) is 4.90 Å². The van der Waals surface area contributed by atoms with Crippen molar-refractivity contribution in [3.8, 4) is 5.75 Å². The highest BCUT2D eigenvalue weighted by molar-refractivity contribution is 8.18. The summed E-state index contributed by atoms with van der Waals surface area (Å²) in [5, 5.41) is 9.52. The fraction of sp³-hybridized carbons (Fsp3) is 0.227. The summed E-state index contributed by atoms with van der Waals surface area (Å²) in [6.07, 6.45) is 1.81. The Morgan fingerprint density at radius 1 is 1.21 bits per heavy atom. The summed E-state index contributed by atoms with van der Waals surface area (Å²) in [6.45, 7) is 4.76. The van der Waals surface area contributed by atoms with Crippen LogP contribution in [0.15, 0.2) is 58.4 Å². The van der Waals surface area contributed by atoms with E-state index in [2.05, 4.69) is 18.8 Å². The molecule has 0 spiro atoms. The van der Waals surface area contributed by atoms with Crippen LogP contribution in [0.1, 0.15) is 29.8 Å². The summed E-state index contributed by atoms with van der Waals surface area (Å²) in [4.78, 5) is 30.2. The van der Waals surface area contributed by atoms with Gasteiger partial charge in [-0.15, -0.1) is 0 Å². The number of amides is 1. The third-order valence-electron chi connectivity index (χ3n) is 4.12. The fourth-order valence-electron chi connectivity index (χ4n) is 2.57. The number of hydrogen-bond donors (Lipinski definition) is 1. The number of carbonyl (C=O) groups is 2. The summed E-state index contributed by atoms with van der Waals surface area (Å²) in [5.74, 6) is -0.000128. The molecule has 0 atom stereocenters. The van der Waals surface area contributed by atoms with Crippen LogP contribution in [0, 0.1) is 5.92 Å². The Bertz CT molecular complexity index is 981. The maximum atomic E-state index is 12.7. The van der Waals surface area contributed by atoms with Gasteiger partial charge < -0.3 is 9.84 Å². The molecule has 1 aliphatic rings. The van der Waals surface area contributed by atoms with Gasteiger partial charge in [0.1, 0.15) is 5.75 Å². The van der Waals surface area contributed by atoms with E-state index in [1.165, 1.54) is 28.8 Å². The number of aromatic carboxylic acids is 1. The summed E-state index contributed by atoms with van der Waals surface area (Å²) >= 11 is 1.28. The van der Waals surface area contributed by atoms with Crippen molar-refractivity contribution in [2.45, 2.75) is 13.8 Å². The molecular formula is C22H22N2O4S. The largest absolute Gasteiger partial charge is 0.493 e. The van der Waals surface area contributed by atoms with E-state index in [1.807, 2.05) is 30.3 Å². The number of para-hydroxylation sites is 1. The second-order valence-corrected chi connectivity index (χ2v) is 7.97. The van der Waals surface area contributed by atoms with Crippen LogP contribution >= 0.6 is 11.8 Å². The lowest BCUT2D eigenvalue weighted by Gasteiger charge is -2.11. The minimum absolute atomic E-state index is 0.144. The topological polar surface area (TPSA) is 79.2 Å². The first kappa shape index (κ1) is 20.7. The molecule has 0 radical (unpaired) electrons. The zero-order valence-electron chi connectivity index (χ0n) is 16.5. The van der Waals surface area contributed by atoms with Gasteiger partial charge in [0.25, 0.3) is 5.91 Å². The van der Waals surface area contributed by atoms with Crippen LogP contribution in [-0.4, -0.2) is 40.7 Å². The van der Waals surface area contributed by atoms with E-state index >= 15 is 0 Å². The number of aliphatic imine (C=N–C) groups is 1. The summed E-state index contributed by atoms with van der Waals surface area (Å²) in [7, 11) is 1.67. The lowest BCUT2D eigenvalue weighted by molar-refractivity contribution is -0.121. The predicted octanol–water partition coefficient (Wildman–Crippen LogP) is 4.65. The molecule has 0 aliphatic carbocycles. The van der Waals surface area contributed by atoms with Crippen molar-refractivity contribution >= 4 is 40.6 Å². The molecule has 150 valence electrons. The summed E-state index contributed by atoms with van der Waals surface area (Å²) < 4.78 is 5.87. The standard InChI is InChI=1S/C22H22N2O4S/c1-14(2)13-28-18-7-5-4-6-16(18)12-19-20(25)24(3)22(29-19)23-17-10-8-15(9-11-17)21(26)27/h4-12,14H,13H2,1-3H3,(H,26,27)/b19-12+,23-22?. The van der Waals surface area contributed by atoms with Crippen LogP contribution < -0.4 is 4.74 Å². The van der Waals surface area contributed by atoms with Gasteiger partial charge in [-0.25, -0.2) is 9.79 Å². The lowest BCUT2D eigenvalue weighted by atomic mass is 10.1. The molecule has 1 heterocycles. The number of hydrogen-bond acceptors (Lipinski definition) is 5. The first-order chi connectivity index (χ1) is 13.8. The van der Waals surface area contributed by atoms with Crippen LogP contribution in [0.5, 0.6) is 5.75 Å². The van der Waals surface area contributed by atoms with Crippen molar-refractivity contribution in [2.75, 3.05) is 13.7 Å². The molecule has 0 bridgehead atoms. The molecular weight excluding hydrogens is 388 g/mol. The number of thioether (sulfide) groups is 1. The monoisotopic (exact) mass is 410 g/mol. The third kappa shape index (κ3) is 5.06. The van der Waals surface area contributed by atoms with E-state index in [4.69, 9.17) is 9.84 Å². The van der Waals surface area contributed by atoms with Gasteiger partial charge in [-0.1, -0.05) is 32.0 Å². The van der Waals surface area contributed by atoms with Crippen molar-refractivity contribution in [2.24, 2.45) is 10.9 Å². The molecule has 1 aliphatic heterocycles. The van der Waals surface area contributed by atoms with Crippen molar-refractivity contribution in [1.29, 1.82) is 0 Å². The molecule has 3 rings (SSSR count). The second-order valence-electron chi connectivity index (χ2n) is 6.96. The van der Waals surface area contributed by atoms with Gasteiger partial charge in [0.15, 0.2) is 5.17 Å². The van der Waals surface area contributed by atoms with E-state index < -0.39 is 5.97 Å². The Hall–Kier alpha value is -3.06. The molecule has 6 nitrogen and oxygen atoms in total. The molecule has 29 heavy (non-hydrogen) atoms. The average molecular weight is 410 g/mol. The van der Waals surface area contributed by atoms with Gasteiger partial charge in [0, 0.05) is 12.6 Å². The SMILES string of the molecule is CC(C)COc1ccccc1/C=C1/SC(=Nc2ccc(C(=O)O)cc2)N(C)C1=O. The molecule has 7 heteroatoms. The number of amidine groups is 1. The average Bonchev–Trinajstić information content (AvgIpc) is 2.95. The Morgan fingerprint density at radius 2 is 1.90 bits per heavy atom. The van der Waals surface area contributed by atoms with E-state index in [1.54, 1.807) is 19.2 Å². The molecule has 1 N–H and O–H groups in total. The molecule has 2 aromatic carbocycles. The normalized spacial score (nSPS) is 16.8. The van der Waals surface area contributed by atoms with Gasteiger partial charge in [-0.2, -0.15) is 0 Å². The van der Waals surface area contributed by atoms with Gasteiger partial charge in [-0.05, 0) is 54.1 Å². The number of nitrogens with zero attached hydrogens (tertiary/aromatic N) is 2. The van der Waals surface area contributed by atoms with E-state index in [0.717, 1.165) is 11.3 Å². The Labute approximate surface area is 173 Å². The quantitative estimate of drug-likeness (QED) is 0.701. The van der Waals surface area contributed by atoms with E-state index in [0.29, 0.717) is 28.3 Å². The maximum Gasteiger partial charge on any atom is 0.335 e. The molecule has 2 aromatic rings. The van der Waals surface area contributed by atoms with Crippen molar-refractivity contribution in [3.05, 3.63) is 64.6 Å². The Kier molecular flexibility index (Phi) is 6.39. The second kappa shape index (κ2) is 8.96. The van der Waals surface area contributed by atoms with E-state index in [9.17, 15) is 9.59 Å². The van der Waals surface area contributed by atoms with Gasteiger partial charge in [-0.3, -0.25) is 9.69 Å². The highest BCUT2D eigenvalue weighted by atomic mass is 32.2. The number of carboxylic acid groups (broad SMARTS) is 1. The van der Waals surface area contributed by atoms with Crippen LogP contribution in [0.3, 0.4) is 0 Å². The van der Waals surface area contributed by atoms with Crippen molar-refractivity contribution < 1.29 is 19.4 Å². The predicted molar refractivity (Wildman–Crippen MR) is 116 cm³/mol. The van der Waals surface area contributed by atoms with Gasteiger partial charge >= 0.3 is 5.97 Å². The van der Waals surface area contributed by atoms with Crippen molar-refractivity contribution in [3.63, 3.8) is 0 Å². The fourth-order valence-corrected chi connectivity index (χ4v) is 3.55. The highest BCUT2D eigenvalue weighted by Gasteiger charge is 2.30. The van der Waals surface area contributed by atoms with Crippen LogP contribution in [0.4, 0.5) is 5.69 Å². The lowest BCUT2D eigenvalue weighted by Crippen LogP contribution is -2.23. The maximum absolute atomic E-state index is 12.7. The number of carbonyl (C=O) groups excluding carboxylic acids is 1. The first-order valence-corrected chi connectivity index (χ1v) is 9.98. The number of likely N-dealkylation sites (N-methyl/N-ethyl adjacent to an activating group) is 1. The number of carboxylic acids is 1. The molecule has 1 fully saturated rings. The third-order valence-corrected chi connectivity index (χ3v) is 5.18. The van der Waals surface area contributed by atoms with Gasteiger partial charge in [0.2, 0.25) is 0 Å². The minimum atomic E-state index is -0.990. The smallest absolute Gasteiger partial charge is 0.335 e. The Balaban J connectivity index is 1.84. The van der Waals surface area contributed by atoms with Gasteiger partial charge in [0.05, 0.1) is 22.8 Å². The van der Waals surface area contributed by atoms with Crippen LogP contribution in [-0.2, 0) is 4.79 Å². The summed E-state index contributed by atoms with van der Waals surface area (Å²) in [5.41, 5.74) is 1.61. The van der Waals surface area contributed by atoms with E-state index in [-0.39, 0.29) is 11.5 Å². The highest BCUT2D eigenvalue weighted by Crippen LogP contribution is 2.34. The summed E-state index contributed by atoms with van der Waals surface area (Å²) in [6, 6.07) is 13.8. The minimum Gasteiger partial charge on any atom is -0.493 e. The zero-order chi connectivity index (χ0) is 21.0. The molecule has 1 saturated heterocycles. The number of ether oxygens (including phenoxy) is 1. The molecule has 0 aromatic heterocycles. The zero-order valence-corrected chi connectivity index (χ0v) is 17.3. The molecule has 1 amide bonds.